The Hall–Kier alpha value is -2.89. The molecule has 0 aliphatic carbocycles. The molecule has 3 rings (SSSR count). The maximum absolute atomic E-state index is 12.9. The minimum Gasteiger partial charge on any atom is -0.352 e. The Bertz CT molecular complexity index is 955. The smallest absolute Gasteiger partial charge is 0.328 e. The zero-order chi connectivity index (χ0) is 17.3. The summed E-state index contributed by atoms with van der Waals surface area (Å²) in [4.78, 5) is 24.2. The van der Waals surface area contributed by atoms with Crippen molar-refractivity contribution in [1.82, 2.24) is 14.5 Å². The first kappa shape index (κ1) is 16.0. The number of nitrogens with zero attached hydrogens (tertiary/aromatic N) is 2. The van der Waals surface area contributed by atoms with Gasteiger partial charge < -0.3 is 5.32 Å². The van der Waals surface area contributed by atoms with Crippen LogP contribution < -0.4 is 11.0 Å². The first-order valence-corrected chi connectivity index (χ1v) is 7.65. The quantitative estimate of drug-likeness (QED) is 0.797. The Labute approximate surface area is 138 Å². The molecule has 0 aliphatic heterocycles. The summed E-state index contributed by atoms with van der Waals surface area (Å²) < 4.78 is 15.9. The number of imidazole rings is 1. The van der Waals surface area contributed by atoms with Gasteiger partial charge in [0.05, 0.1) is 11.0 Å². The van der Waals surface area contributed by atoms with Gasteiger partial charge in [-0.05, 0) is 42.3 Å². The Morgan fingerprint density at radius 2 is 1.71 bits per heavy atom. The van der Waals surface area contributed by atoms with Gasteiger partial charge >= 0.3 is 5.69 Å². The highest BCUT2D eigenvalue weighted by atomic mass is 19.1. The van der Waals surface area contributed by atoms with E-state index >= 15 is 0 Å². The molecule has 0 saturated heterocycles. The molecule has 0 atom stereocenters. The van der Waals surface area contributed by atoms with Gasteiger partial charge in [-0.2, -0.15) is 0 Å². The predicted octanol–water partition coefficient (Wildman–Crippen LogP) is 1.99. The normalized spacial score (nSPS) is 11.0. The Morgan fingerprint density at radius 1 is 1.04 bits per heavy atom. The average molecular weight is 327 g/mol. The van der Waals surface area contributed by atoms with Crippen molar-refractivity contribution < 1.29 is 9.18 Å². The molecule has 24 heavy (non-hydrogen) atoms. The van der Waals surface area contributed by atoms with E-state index in [0.29, 0.717) is 24.0 Å². The number of carbonyl (C=O) groups is 1. The summed E-state index contributed by atoms with van der Waals surface area (Å²) in [7, 11) is 3.38. The topological polar surface area (TPSA) is 56.0 Å². The van der Waals surface area contributed by atoms with Crippen molar-refractivity contribution in [2.45, 2.75) is 6.42 Å². The van der Waals surface area contributed by atoms with Gasteiger partial charge in [0.1, 0.15) is 5.82 Å². The number of nitrogens with one attached hydrogen (secondary N) is 1. The molecule has 0 fully saturated rings. The highest BCUT2D eigenvalue weighted by Gasteiger charge is 2.11. The van der Waals surface area contributed by atoms with E-state index in [1.54, 1.807) is 49.0 Å². The van der Waals surface area contributed by atoms with Gasteiger partial charge in [0.25, 0.3) is 5.91 Å². The number of aryl methyl sites for hydroxylation is 2. The third-order valence-electron chi connectivity index (χ3n) is 4.15. The van der Waals surface area contributed by atoms with Gasteiger partial charge in [-0.25, -0.2) is 9.18 Å². The van der Waals surface area contributed by atoms with Crippen LogP contribution in [-0.2, 0) is 20.5 Å². The Morgan fingerprint density at radius 3 is 2.42 bits per heavy atom. The molecule has 1 aromatic heterocycles. The molecular weight excluding hydrogens is 309 g/mol. The van der Waals surface area contributed by atoms with Crippen molar-refractivity contribution in [3.05, 3.63) is 69.9 Å². The van der Waals surface area contributed by atoms with Crippen molar-refractivity contribution in [3.8, 4) is 0 Å². The van der Waals surface area contributed by atoms with E-state index in [4.69, 9.17) is 0 Å². The maximum Gasteiger partial charge on any atom is 0.328 e. The van der Waals surface area contributed by atoms with Crippen LogP contribution in [0.1, 0.15) is 15.9 Å². The fourth-order valence-corrected chi connectivity index (χ4v) is 2.72. The van der Waals surface area contributed by atoms with Gasteiger partial charge in [-0.3, -0.25) is 13.9 Å². The number of benzene rings is 2. The molecule has 0 aliphatic rings. The number of fused-ring (bicyclic) bond motifs is 1. The zero-order valence-electron chi connectivity index (χ0n) is 13.5. The van der Waals surface area contributed by atoms with Crippen LogP contribution in [0.4, 0.5) is 4.39 Å². The number of hydrogen-bond acceptors (Lipinski definition) is 2. The number of hydrogen-bond donors (Lipinski definition) is 1. The van der Waals surface area contributed by atoms with E-state index < -0.39 is 0 Å². The third kappa shape index (κ3) is 2.95. The fraction of sp³-hybridized carbons (Fsp3) is 0.222. The Kier molecular flexibility index (Phi) is 4.20. The molecule has 1 amide bonds. The fourth-order valence-electron chi connectivity index (χ4n) is 2.72. The van der Waals surface area contributed by atoms with Crippen molar-refractivity contribution in [1.29, 1.82) is 0 Å². The molecule has 5 nitrogen and oxygen atoms in total. The second-order valence-corrected chi connectivity index (χ2v) is 5.74. The second-order valence-electron chi connectivity index (χ2n) is 5.74. The summed E-state index contributed by atoms with van der Waals surface area (Å²) >= 11 is 0. The molecule has 2 aromatic carbocycles. The molecule has 0 bridgehead atoms. The summed E-state index contributed by atoms with van der Waals surface area (Å²) in [6, 6.07) is 11.4. The molecule has 0 saturated carbocycles. The number of aromatic nitrogens is 2. The lowest BCUT2D eigenvalue weighted by Crippen LogP contribution is -2.25. The molecule has 0 unspecified atom stereocenters. The van der Waals surface area contributed by atoms with E-state index in [9.17, 15) is 14.0 Å². The van der Waals surface area contributed by atoms with Crippen LogP contribution in [0.3, 0.4) is 0 Å². The summed E-state index contributed by atoms with van der Waals surface area (Å²) in [5.74, 6) is -0.472. The molecule has 6 heteroatoms. The molecule has 124 valence electrons. The number of carbonyl (C=O) groups excluding carboxylic acids is 1. The van der Waals surface area contributed by atoms with Crippen LogP contribution in [0, 0.1) is 5.82 Å². The lowest BCUT2D eigenvalue weighted by Gasteiger charge is -2.06. The van der Waals surface area contributed by atoms with Crippen LogP contribution >= 0.6 is 0 Å². The monoisotopic (exact) mass is 327 g/mol. The predicted molar refractivity (Wildman–Crippen MR) is 90.6 cm³/mol. The maximum atomic E-state index is 12.9. The summed E-state index contributed by atoms with van der Waals surface area (Å²) in [6.45, 7) is 0.455. The summed E-state index contributed by atoms with van der Waals surface area (Å²) in [6.07, 6.45) is 0.623. The largest absolute Gasteiger partial charge is 0.352 e. The minimum absolute atomic E-state index is 0.126. The molecule has 0 spiro atoms. The van der Waals surface area contributed by atoms with Gasteiger partial charge in [0, 0.05) is 26.2 Å². The van der Waals surface area contributed by atoms with Crippen LogP contribution in [0.15, 0.2) is 47.3 Å². The van der Waals surface area contributed by atoms with Gasteiger partial charge in [-0.1, -0.05) is 12.1 Å². The number of rotatable bonds is 4. The van der Waals surface area contributed by atoms with E-state index in [1.165, 1.54) is 16.7 Å². The van der Waals surface area contributed by atoms with E-state index in [1.807, 2.05) is 0 Å². The van der Waals surface area contributed by atoms with Crippen molar-refractivity contribution >= 4 is 16.9 Å². The zero-order valence-corrected chi connectivity index (χ0v) is 13.5. The first-order valence-electron chi connectivity index (χ1n) is 7.65. The molecule has 1 N–H and O–H groups in total. The first-order chi connectivity index (χ1) is 11.5. The van der Waals surface area contributed by atoms with Gasteiger partial charge in [0.15, 0.2) is 0 Å². The van der Waals surface area contributed by atoms with E-state index in [2.05, 4.69) is 5.32 Å². The third-order valence-corrected chi connectivity index (χ3v) is 4.15. The number of amides is 1. The van der Waals surface area contributed by atoms with Crippen molar-refractivity contribution in [2.24, 2.45) is 14.1 Å². The highest BCUT2D eigenvalue weighted by Crippen LogP contribution is 2.14. The molecule has 1 heterocycles. The Balaban J connectivity index is 1.71. The minimum atomic E-state index is -0.274. The van der Waals surface area contributed by atoms with Gasteiger partial charge in [0.2, 0.25) is 0 Å². The molecule has 3 aromatic rings. The van der Waals surface area contributed by atoms with Crippen LogP contribution in [0.5, 0.6) is 0 Å². The lowest BCUT2D eigenvalue weighted by atomic mass is 10.1. The van der Waals surface area contributed by atoms with Crippen molar-refractivity contribution in [2.75, 3.05) is 6.54 Å². The molecule has 0 radical (unpaired) electrons. The van der Waals surface area contributed by atoms with Crippen LogP contribution in [0.2, 0.25) is 0 Å². The molecular formula is C18H18FN3O2. The van der Waals surface area contributed by atoms with E-state index in [0.717, 1.165) is 11.1 Å². The second kappa shape index (κ2) is 6.31. The summed E-state index contributed by atoms with van der Waals surface area (Å²) in [5, 5.41) is 2.84. The lowest BCUT2D eigenvalue weighted by molar-refractivity contribution is 0.0954. The van der Waals surface area contributed by atoms with Crippen molar-refractivity contribution in [3.63, 3.8) is 0 Å². The highest BCUT2D eigenvalue weighted by molar-refractivity contribution is 5.97. The van der Waals surface area contributed by atoms with Crippen LogP contribution in [0.25, 0.3) is 11.0 Å². The van der Waals surface area contributed by atoms with Gasteiger partial charge in [-0.15, -0.1) is 0 Å². The average Bonchev–Trinajstić information content (AvgIpc) is 2.81. The van der Waals surface area contributed by atoms with E-state index in [-0.39, 0.29) is 17.4 Å². The standard InChI is InChI=1S/C18H18FN3O2/c1-21-15-8-5-13(11-16(15)22(2)18(21)24)17(23)20-10-9-12-3-6-14(19)7-4-12/h3-8,11H,9-10H2,1-2H3,(H,20,23). The SMILES string of the molecule is Cn1c(=O)n(C)c2cc(C(=O)NCCc3ccc(F)cc3)ccc21. The van der Waals surface area contributed by atoms with Crippen LogP contribution in [-0.4, -0.2) is 21.6 Å². The summed E-state index contributed by atoms with van der Waals surface area (Å²) in [5.41, 5.74) is 2.83. The number of halogens is 1.